The van der Waals surface area contributed by atoms with Gasteiger partial charge in [-0.3, -0.25) is 9.50 Å². The van der Waals surface area contributed by atoms with Crippen molar-refractivity contribution in [1.82, 2.24) is 0 Å². The average Bonchev–Trinajstić information content (AvgIpc) is 2.37. The van der Waals surface area contributed by atoms with Crippen molar-refractivity contribution in [3.63, 3.8) is 0 Å². The number of nitrogens with two attached hydrogens (primary N) is 1. The Labute approximate surface area is 92.0 Å². The van der Waals surface area contributed by atoms with Crippen LogP contribution in [0.3, 0.4) is 0 Å². The van der Waals surface area contributed by atoms with E-state index >= 15 is 0 Å². The zero-order valence-corrected chi connectivity index (χ0v) is 8.47. The van der Waals surface area contributed by atoms with Crippen molar-refractivity contribution in [2.75, 3.05) is 0 Å². The van der Waals surface area contributed by atoms with Crippen molar-refractivity contribution >= 4 is 5.91 Å². The number of primary amides is 1. The van der Waals surface area contributed by atoms with Crippen LogP contribution in [0.1, 0.15) is 15.9 Å². The van der Waals surface area contributed by atoms with E-state index in [1.165, 1.54) is 0 Å². The van der Waals surface area contributed by atoms with Gasteiger partial charge in [-0.25, -0.2) is 0 Å². The highest BCUT2D eigenvalue weighted by molar-refractivity contribution is 5.92. The van der Waals surface area contributed by atoms with Gasteiger partial charge in [-0.15, -0.1) is 0 Å². The maximum Gasteiger partial charge on any atom is 0.248 e. The monoisotopic (exact) mass is 269 g/mol. The van der Waals surface area contributed by atoms with E-state index in [-0.39, 0.29) is 10.6 Å². The van der Waals surface area contributed by atoms with Gasteiger partial charge in [0.2, 0.25) is 5.91 Å². The lowest BCUT2D eigenvalue weighted by Gasteiger charge is -1.93. The zero-order valence-electron chi connectivity index (χ0n) is 8.47. The van der Waals surface area contributed by atoms with Crippen molar-refractivity contribution in [2.24, 2.45) is 5.73 Å². The van der Waals surface area contributed by atoms with E-state index in [9.17, 15) is 4.79 Å². The molecule has 1 aromatic carbocycles. The van der Waals surface area contributed by atoms with Gasteiger partial charge in [0.25, 0.3) is 0 Å². The molecule has 0 radical (unpaired) electrons. The Hall–Kier alpha value is -1.80. The van der Waals surface area contributed by atoms with Crippen LogP contribution in [-0.4, -0.2) is 5.91 Å². The Morgan fingerprint density at radius 2 is 1.24 bits per heavy atom. The normalized spacial score (nSPS) is 6.53. The highest BCUT2D eigenvalue weighted by Crippen LogP contribution is 2.00. The van der Waals surface area contributed by atoms with E-state index in [4.69, 9.17) is 33.2 Å². The highest BCUT2D eigenvalue weighted by Gasteiger charge is 1.95. The smallest absolute Gasteiger partial charge is 0.248 e. The molecule has 1 rings (SSSR count). The molecule has 0 fully saturated rings. The molecule has 0 aliphatic rings. The summed E-state index contributed by atoms with van der Waals surface area (Å²) in [6.45, 7) is 1.96. The molecule has 0 atom stereocenters. The minimum Gasteiger partial charge on any atom is -0.366 e. The number of hydrogen-bond donors (Lipinski definition) is 1. The summed E-state index contributed by atoms with van der Waals surface area (Å²) in [5.41, 5.74) is 6.72. The molecule has 0 spiro atoms. The third-order valence-corrected chi connectivity index (χ3v) is 1.34. The van der Waals surface area contributed by atoms with Gasteiger partial charge in [-0.2, -0.15) is 0 Å². The average molecular weight is 269 g/mol. The molecule has 0 unspecified atom stereocenters. The summed E-state index contributed by atoms with van der Waals surface area (Å²) < 4.78 is 48.0. The van der Waals surface area contributed by atoms with Gasteiger partial charge in [0, 0.05) is 33.0 Å². The van der Waals surface area contributed by atoms with Crippen LogP contribution in [0, 0.1) is 6.92 Å². The molecule has 2 nitrogen and oxygen atoms in total. The van der Waals surface area contributed by atoms with Crippen molar-refractivity contribution in [3.05, 3.63) is 35.4 Å². The van der Waals surface area contributed by atoms with Crippen molar-refractivity contribution in [3.8, 4) is 0 Å². The fourth-order valence-electron chi connectivity index (χ4n) is 0.718. The summed E-state index contributed by atoms with van der Waals surface area (Å²) in [6, 6.07) is 7.16. The Balaban J connectivity index is -0.000000106. The fraction of sp³-hybridized carbons (Fsp3) is 0.125. The molecular formula is C8H10F7NO. The SMILES string of the molecule is Cc1ccc(C(N)=O)cc1.F.FF.FF.FF. The molecule has 2 N–H and O–H groups in total. The van der Waals surface area contributed by atoms with Crippen LogP contribution in [-0.2, 0) is 0 Å². The molecule has 0 aliphatic heterocycles. The molecule has 0 bridgehead atoms. The summed E-state index contributed by atoms with van der Waals surface area (Å²) in [5, 5.41) is 0. The molecule has 102 valence electrons. The van der Waals surface area contributed by atoms with Crippen LogP contribution in [0.25, 0.3) is 0 Å². The largest absolute Gasteiger partial charge is 0.366 e. The van der Waals surface area contributed by atoms with Gasteiger partial charge in [0.1, 0.15) is 0 Å². The summed E-state index contributed by atoms with van der Waals surface area (Å²) in [6.07, 6.45) is 0. The first-order valence-corrected chi connectivity index (χ1v) is 3.49. The van der Waals surface area contributed by atoms with Gasteiger partial charge in [-0.05, 0) is 19.1 Å². The van der Waals surface area contributed by atoms with Crippen LogP contribution in [0.5, 0.6) is 0 Å². The summed E-state index contributed by atoms with van der Waals surface area (Å²) in [7, 11) is 0. The quantitative estimate of drug-likeness (QED) is 0.775. The van der Waals surface area contributed by atoms with Crippen molar-refractivity contribution in [2.45, 2.75) is 6.92 Å². The summed E-state index contributed by atoms with van der Waals surface area (Å²) in [4.78, 5) is 10.5. The zero-order chi connectivity index (χ0) is 13.6. The molecular weight excluding hydrogens is 259 g/mol. The van der Waals surface area contributed by atoms with Crippen molar-refractivity contribution in [1.29, 1.82) is 0 Å². The Morgan fingerprint density at radius 1 is 0.941 bits per heavy atom. The summed E-state index contributed by atoms with van der Waals surface area (Å²) in [5.74, 6) is -0.375. The number of benzene rings is 1. The lowest BCUT2D eigenvalue weighted by molar-refractivity contribution is 0.100. The number of carbonyl (C=O) groups excluding carboxylic acids is 1. The third-order valence-electron chi connectivity index (χ3n) is 1.34. The second-order valence-corrected chi connectivity index (χ2v) is 2.23. The Bertz CT molecular complexity index is 255. The summed E-state index contributed by atoms with van der Waals surface area (Å²) >= 11 is 0. The molecule has 0 aliphatic carbocycles. The first-order chi connectivity index (χ1) is 7.70. The molecule has 1 aromatic rings. The van der Waals surface area contributed by atoms with E-state index in [1.54, 1.807) is 12.1 Å². The van der Waals surface area contributed by atoms with E-state index in [1.807, 2.05) is 19.1 Å². The fourth-order valence-corrected chi connectivity index (χ4v) is 0.718. The second kappa shape index (κ2) is 19.7. The Morgan fingerprint density at radius 3 is 1.47 bits per heavy atom. The van der Waals surface area contributed by atoms with E-state index in [2.05, 4.69) is 0 Å². The lowest BCUT2D eigenvalue weighted by Crippen LogP contribution is -2.10. The third kappa shape index (κ3) is 14.2. The topological polar surface area (TPSA) is 43.1 Å². The molecule has 0 saturated heterocycles. The molecule has 17 heavy (non-hydrogen) atoms. The van der Waals surface area contributed by atoms with Crippen LogP contribution < -0.4 is 5.73 Å². The van der Waals surface area contributed by atoms with Crippen LogP contribution in [0.4, 0.5) is 32.1 Å². The Kier molecular flexibility index (Phi) is 28.3. The van der Waals surface area contributed by atoms with Gasteiger partial charge in [-0.1, -0.05) is 17.7 Å². The minimum absolute atomic E-state index is 0. The van der Waals surface area contributed by atoms with Crippen LogP contribution in [0.2, 0.25) is 0 Å². The number of aryl methyl sites for hydroxylation is 1. The second-order valence-electron chi connectivity index (χ2n) is 2.23. The molecule has 0 heterocycles. The van der Waals surface area contributed by atoms with E-state index < -0.39 is 0 Å². The number of halogens is 7. The number of carbonyl (C=O) groups is 1. The van der Waals surface area contributed by atoms with Gasteiger partial charge in [0.05, 0.1) is 0 Å². The van der Waals surface area contributed by atoms with Gasteiger partial charge >= 0.3 is 0 Å². The first kappa shape index (κ1) is 24.4. The number of hydrogen-bond acceptors (Lipinski definition) is 1. The van der Waals surface area contributed by atoms with Crippen LogP contribution >= 0.6 is 0 Å². The minimum atomic E-state index is -0.375. The number of amides is 1. The van der Waals surface area contributed by atoms with E-state index in [0.29, 0.717) is 5.56 Å². The van der Waals surface area contributed by atoms with Gasteiger partial charge < -0.3 is 5.73 Å². The first-order valence-electron chi connectivity index (χ1n) is 3.49. The molecule has 9 heteroatoms. The van der Waals surface area contributed by atoms with Crippen molar-refractivity contribution < 1.29 is 36.9 Å². The lowest BCUT2D eigenvalue weighted by atomic mass is 10.1. The molecule has 0 saturated carbocycles. The molecule has 0 aromatic heterocycles. The van der Waals surface area contributed by atoms with Crippen LogP contribution in [0.15, 0.2) is 24.3 Å². The van der Waals surface area contributed by atoms with Gasteiger partial charge in [0.15, 0.2) is 0 Å². The highest BCUT2D eigenvalue weighted by atomic mass is 20.0. The maximum atomic E-state index is 10.5. The predicted molar refractivity (Wildman–Crippen MR) is 48.8 cm³/mol. The molecule has 1 amide bonds. The standard InChI is InChI=1S/C8H9NO.3F2.FH/c1-6-2-4-7(5-3-6)8(9)10;3*1-2;/h2-5H,1H3,(H2,9,10);;;;1H. The predicted octanol–water partition coefficient (Wildman–Crippen LogP) is 3.77. The number of rotatable bonds is 1. The maximum absolute atomic E-state index is 10.5. The van der Waals surface area contributed by atoms with E-state index in [0.717, 1.165) is 5.56 Å².